The first-order valence-corrected chi connectivity index (χ1v) is 8.33. The van der Waals surface area contributed by atoms with Gasteiger partial charge in [-0.15, -0.1) is 0 Å². The molecule has 0 heterocycles. The molecule has 0 rings (SSSR count). The Kier molecular flexibility index (Phi) is 8.69. The lowest BCUT2D eigenvalue weighted by Crippen LogP contribution is -2.47. The zero-order chi connectivity index (χ0) is 15.8. The van der Waals surface area contributed by atoms with Crippen LogP contribution in [-0.4, -0.2) is 52.3 Å². The van der Waals surface area contributed by atoms with E-state index in [2.05, 4.69) is 0 Å². The van der Waals surface area contributed by atoms with Crippen molar-refractivity contribution in [3.8, 4) is 0 Å². The predicted molar refractivity (Wildman–Crippen MR) is 82.3 cm³/mol. The topological polar surface area (TPSA) is 66.8 Å². The van der Waals surface area contributed by atoms with E-state index in [1.165, 1.54) is 4.90 Å². The SMILES string of the molecule is CCCN(C(=O)OC(C)(C)C)C(CCCSC)C(=O)O. The molecule has 0 spiro atoms. The van der Waals surface area contributed by atoms with Crippen LogP contribution in [0.1, 0.15) is 47.0 Å². The van der Waals surface area contributed by atoms with Crippen LogP contribution < -0.4 is 0 Å². The lowest BCUT2D eigenvalue weighted by molar-refractivity contribution is -0.143. The van der Waals surface area contributed by atoms with Crippen molar-refractivity contribution >= 4 is 23.8 Å². The first kappa shape index (κ1) is 19.1. The summed E-state index contributed by atoms with van der Waals surface area (Å²) in [6.45, 7) is 7.64. The van der Waals surface area contributed by atoms with Gasteiger partial charge in [0.25, 0.3) is 0 Å². The van der Waals surface area contributed by atoms with Crippen molar-refractivity contribution in [2.45, 2.75) is 58.6 Å². The number of aliphatic carboxylic acids is 1. The Balaban J connectivity index is 4.87. The molecule has 0 aliphatic rings. The van der Waals surface area contributed by atoms with Gasteiger partial charge in [0, 0.05) is 6.54 Å². The summed E-state index contributed by atoms with van der Waals surface area (Å²) in [6.07, 6.45) is 3.35. The molecule has 6 heteroatoms. The van der Waals surface area contributed by atoms with Crippen molar-refractivity contribution in [3.05, 3.63) is 0 Å². The molecule has 0 aromatic heterocycles. The number of rotatable bonds is 8. The van der Waals surface area contributed by atoms with E-state index in [1.54, 1.807) is 32.5 Å². The van der Waals surface area contributed by atoms with Crippen LogP contribution >= 0.6 is 11.8 Å². The molecule has 1 atom stereocenters. The first-order chi connectivity index (χ1) is 9.22. The van der Waals surface area contributed by atoms with Crippen LogP contribution in [0, 0.1) is 0 Å². The molecule has 1 N–H and O–H groups in total. The Labute approximate surface area is 126 Å². The number of carboxylic acids is 1. The number of hydrogen-bond donors (Lipinski definition) is 1. The van der Waals surface area contributed by atoms with Crippen LogP contribution in [0.2, 0.25) is 0 Å². The molecule has 0 aliphatic heterocycles. The van der Waals surface area contributed by atoms with E-state index in [1.807, 2.05) is 13.2 Å². The van der Waals surface area contributed by atoms with Gasteiger partial charge < -0.3 is 9.84 Å². The molecule has 0 aromatic carbocycles. The number of ether oxygens (including phenoxy) is 1. The molecule has 0 saturated carbocycles. The number of carbonyl (C=O) groups is 2. The third kappa shape index (κ3) is 7.62. The van der Waals surface area contributed by atoms with Crippen LogP contribution in [0.5, 0.6) is 0 Å². The molecule has 1 amide bonds. The predicted octanol–water partition coefficient (Wildman–Crippen LogP) is 3.23. The Bertz CT molecular complexity index is 315. The van der Waals surface area contributed by atoms with Crippen LogP contribution in [0.4, 0.5) is 4.79 Å². The van der Waals surface area contributed by atoms with E-state index in [0.29, 0.717) is 19.4 Å². The van der Waals surface area contributed by atoms with E-state index in [-0.39, 0.29) is 0 Å². The first-order valence-electron chi connectivity index (χ1n) is 6.94. The van der Waals surface area contributed by atoms with Gasteiger partial charge in [-0.05, 0) is 52.0 Å². The largest absolute Gasteiger partial charge is 0.480 e. The van der Waals surface area contributed by atoms with Crippen molar-refractivity contribution in [2.75, 3.05) is 18.6 Å². The lowest BCUT2D eigenvalue weighted by atomic mass is 10.1. The van der Waals surface area contributed by atoms with Crippen molar-refractivity contribution in [1.82, 2.24) is 4.90 Å². The molecule has 0 bridgehead atoms. The van der Waals surface area contributed by atoms with E-state index in [4.69, 9.17) is 4.74 Å². The van der Waals surface area contributed by atoms with Gasteiger partial charge in [-0.25, -0.2) is 9.59 Å². The number of carbonyl (C=O) groups excluding carboxylic acids is 1. The van der Waals surface area contributed by atoms with Crippen molar-refractivity contribution in [3.63, 3.8) is 0 Å². The highest BCUT2D eigenvalue weighted by atomic mass is 32.2. The average molecular weight is 305 g/mol. The monoisotopic (exact) mass is 305 g/mol. The van der Waals surface area contributed by atoms with Gasteiger partial charge in [0.1, 0.15) is 11.6 Å². The molecule has 0 aromatic rings. The fourth-order valence-electron chi connectivity index (χ4n) is 1.77. The molecule has 5 nitrogen and oxygen atoms in total. The zero-order valence-corrected chi connectivity index (χ0v) is 14.0. The summed E-state index contributed by atoms with van der Waals surface area (Å²) in [5.41, 5.74) is -0.620. The highest BCUT2D eigenvalue weighted by Gasteiger charge is 2.31. The third-order valence-electron chi connectivity index (χ3n) is 2.58. The van der Waals surface area contributed by atoms with E-state index in [9.17, 15) is 14.7 Å². The minimum Gasteiger partial charge on any atom is -0.480 e. The van der Waals surface area contributed by atoms with Gasteiger partial charge in [-0.2, -0.15) is 11.8 Å². The van der Waals surface area contributed by atoms with E-state index >= 15 is 0 Å². The summed E-state index contributed by atoms with van der Waals surface area (Å²) in [5, 5.41) is 9.36. The Hall–Kier alpha value is -0.910. The molecule has 0 saturated heterocycles. The third-order valence-corrected chi connectivity index (χ3v) is 3.28. The molecule has 1 unspecified atom stereocenters. The minimum atomic E-state index is -0.967. The molecular formula is C14H27NO4S. The summed E-state index contributed by atoms with van der Waals surface area (Å²) < 4.78 is 5.31. The van der Waals surface area contributed by atoms with Crippen LogP contribution in [0.25, 0.3) is 0 Å². The molecule has 20 heavy (non-hydrogen) atoms. The van der Waals surface area contributed by atoms with Gasteiger partial charge in [-0.3, -0.25) is 4.90 Å². The van der Waals surface area contributed by atoms with E-state index in [0.717, 1.165) is 12.2 Å². The van der Waals surface area contributed by atoms with Crippen molar-refractivity contribution < 1.29 is 19.4 Å². The second-order valence-electron chi connectivity index (χ2n) is 5.66. The summed E-state index contributed by atoms with van der Waals surface area (Å²) in [7, 11) is 0. The summed E-state index contributed by atoms with van der Waals surface area (Å²) in [6, 6.07) is -0.808. The second-order valence-corrected chi connectivity index (χ2v) is 6.65. The molecule has 0 aliphatic carbocycles. The molecular weight excluding hydrogens is 278 g/mol. The van der Waals surface area contributed by atoms with Gasteiger partial charge in [0.05, 0.1) is 0 Å². The fourth-order valence-corrected chi connectivity index (χ4v) is 2.22. The maximum atomic E-state index is 12.2. The van der Waals surface area contributed by atoms with Crippen molar-refractivity contribution in [1.29, 1.82) is 0 Å². The molecule has 0 fully saturated rings. The highest BCUT2D eigenvalue weighted by molar-refractivity contribution is 7.98. The number of carboxylic acid groups (broad SMARTS) is 1. The number of nitrogens with zero attached hydrogens (tertiary/aromatic N) is 1. The molecule has 0 radical (unpaired) electrons. The Morgan fingerprint density at radius 3 is 2.35 bits per heavy atom. The summed E-state index contributed by atoms with van der Waals surface area (Å²) in [4.78, 5) is 24.9. The average Bonchev–Trinajstić information content (AvgIpc) is 2.30. The highest BCUT2D eigenvalue weighted by Crippen LogP contribution is 2.16. The summed E-state index contributed by atoms with van der Waals surface area (Å²) >= 11 is 1.67. The number of hydrogen-bond acceptors (Lipinski definition) is 4. The maximum Gasteiger partial charge on any atom is 0.411 e. The maximum absolute atomic E-state index is 12.2. The lowest BCUT2D eigenvalue weighted by Gasteiger charge is -2.31. The minimum absolute atomic E-state index is 0.394. The fraction of sp³-hybridized carbons (Fsp3) is 0.857. The van der Waals surface area contributed by atoms with Gasteiger partial charge >= 0.3 is 12.1 Å². The Morgan fingerprint density at radius 2 is 1.95 bits per heavy atom. The quantitative estimate of drug-likeness (QED) is 0.697. The van der Waals surface area contributed by atoms with E-state index < -0.39 is 23.7 Å². The standard InChI is InChI=1S/C14H27NO4S/c1-6-9-15(13(18)19-14(2,3)4)11(12(16)17)8-7-10-20-5/h11H,6-10H2,1-5H3,(H,16,17). The molecule has 118 valence electrons. The van der Waals surface area contributed by atoms with Gasteiger partial charge in [0.2, 0.25) is 0 Å². The summed E-state index contributed by atoms with van der Waals surface area (Å²) in [5.74, 6) is -0.0802. The van der Waals surface area contributed by atoms with Gasteiger partial charge in [0.15, 0.2) is 0 Å². The normalized spacial score (nSPS) is 12.8. The number of amides is 1. The van der Waals surface area contributed by atoms with Gasteiger partial charge in [-0.1, -0.05) is 6.92 Å². The van der Waals surface area contributed by atoms with Crippen LogP contribution in [0.15, 0.2) is 0 Å². The van der Waals surface area contributed by atoms with Crippen LogP contribution in [-0.2, 0) is 9.53 Å². The van der Waals surface area contributed by atoms with Crippen LogP contribution in [0.3, 0.4) is 0 Å². The smallest absolute Gasteiger partial charge is 0.411 e. The zero-order valence-electron chi connectivity index (χ0n) is 13.1. The number of thioether (sulfide) groups is 1. The van der Waals surface area contributed by atoms with Crippen molar-refractivity contribution in [2.24, 2.45) is 0 Å². The second kappa shape index (κ2) is 9.10. The Morgan fingerprint density at radius 1 is 1.35 bits per heavy atom.